The van der Waals surface area contributed by atoms with E-state index in [-0.39, 0.29) is 16.3 Å². The lowest BCUT2D eigenvalue weighted by molar-refractivity contribution is 0.0694. The minimum absolute atomic E-state index is 0.0489. The van der Waals surface area contributed by atoms with E-state index in [0.29, 0.717) is 11.1 Å². The summed E-state index contributed by atoms with van der Waals surface area (Å²) in [4.78, 5) is 23.4. The van der Waals surface area contributed by atoms with Gasteiger partial charge in [0.15, 0.2) is 0 Å². The number of carbonyl (C=O) groups is 1. The van der Waals surface area contributed by atoms with Crippen molar-refractivity contribution in [3.63, 3.8) is 0 Å². The summed E-state index contributed by atoms with van der Waals surface area (Å²) in [6.45, 7) is 1.60. The number of alkyl halides is 1. The van der Waals surface area contributed by atoms with Crippen molar-refractivity contribution in [3.05, 3.63) is 43.9 Å². The Morgan fingerprint density at radius 1 is 1.52 bits per heavy atom. The minimum atomic E-state index is -1.41. The first-order valence-electron chi connectivity index (χ1n) is 6.23. The summed E-state index contributed by atoms with van der Waals surface area (Å²) in [5.41, 5.74) is -0.441. The summed E-state index contributed by atoms with van der Waals surface area (Å²) in [5.74, 6) is -2.06. The van der Waals surface area contributed by atoms with Crippen molar-refractivity contribution in [1.29, 1.82) is 0 Å². The van der Waals surface area contributed by atoms with Gasteiger partial charge < -0.3 is 9.67 Å². The quantitative estimate of drug-likeness (QED) is 0.897. The lowest BCUT2D eigenvalue weighted by Gasteiger charge is -2.15. The standard InChI is InChI=1S/C14H10BrF2NO3/c1-5-11(15)9(17)2-6-12(5)18(10-3-8(10)16)4-7(13(6)19)14(20)21/h2,4,8,10H,3H2,1H3,(H,20,21)/t8-,10+/m0/s1. The minimum Gasteiger partial charge on any atom is -0.477 e. The van der Waals surface area contributed by atoms with Crippen LogP contribution < -0.4 is 5.43 Å². The van der Waals surface area contributed by atoms with E-state index in [2.05, 4.69) is 15.9 Å². The highest BCUT2D eigenvalue weighted by atomic mass is 79.9. The van der Waals surface area contributed by atoms with Crippen molar-refractivity contribution in [3.8, 4) is 0 Å². The van der Waals surface area contributed by atoms with Crippen LogP contribution in [0.15, 0.2) is 21.5 Å². The second kappa shape index (κ2) is 4.62. The van der Waals surface area contributed by atoms with Gasteiger partial charge in [-0.2, -0.15) is 0 Å². The van der Waals surface area contributed by atoms with E-state index < -0.39 is 35.0 Å². The average molecular weight is 358 g/mol. The Hall–Kier alpha value is -1.76. The fourth-order valence-corrected chi connectivity index (χ4v) is 2.81. The zero-order valence-electron chi connectivity index (χ0n) is 10.9. The molecule has 3 rings (SSSR count). The van der Waals surface area contributed by atoms with Gasteiger partial charge in [0.25, 0.3) is 0 Å². The second-order valence-electron chi connectivity index (χ2n) is 5.10. The van der Waals surface area contributed by atoms with Crippen molar-refractivity contribution >= 4 is 32.8 Å². The molecule has 1 saturated carbocycles. The number of pyridine rings is 1. The number of nitrogens with zero attached hydrogens (tertiary/aromatic N) is 1. The molecule has 1 aromatic carbocycles. The third-order valence-electron chi connectivity index (χ3n) is 3.70. The van der Waals surface area contributed by atoms with E-state index in [9.17, 15) is 18.4 Å². The van der Waals surface area contributed by atoms with Gasteiger partial charge in [0.05, 0.1) is 16.0 Å². The van der Waals surface area contributed by atoms with E-state index in [4.69, 9.17) is 5.11 Å². The van der Waals surface area contributed by atoms with Crippen LogP contribution in [0.1, 0.15) is 28.4 Å². The predicted octanol–water partition coefficient (Wildman–Crippen LogP) is 3.19. The van der Waals surface area contributed by atoms with E-state index in [0.717, 1.165) is 12.3 Å². The molecule has 0 spiro atoms. The van der Waals surface area contributed by atoms with Crippen molar-refractivity contribution in [2.75, 3.05) is 0 Å². The molecule has 2 atom stereocenters. The molecular weight excluding hydrogens is 348 g/mol. The average Bonchev–Trinajstić information content (AvgIpc) is 3.14. The Bertz CT molecular complexity index is 846. The summed E-state index contributed by atoms with van der Waals surface area (Å²) < 4.78 is 28.9. The normalized spacial score (nSPS) is 20.8. The highest BCUT2D eigenvalue weighted by molar-refractivity contribution is 9.10. The monoisotopic (exact) mass is 357 g/mol. The molecule has 0 saturated heterocycles. The topological polar surface area (TPSA) is 59.3 Å². The number of rotatable bonds is 2. The summed E-state index contributed by atoms with van der Waals surface area (Å²) in [5, 5.41) is 9.05. The van der Waals surface area contributed by atoms with Gasteiger partial charge in [0.2, 0.25) is 5.43 Å². The molecule has 0 amide bonds. The molecule has 110 valence electrons. The van der Waals surface area contributed by atoms with E-state index >= 15 is 0 Å². The Kier molecular flexibility index (Phi) is 3.12. The lowest BCUT2D eigenvalue weighted by atomic mass is 10.1. The molecule has 0 unspecified atom stereocenters. The molecule has 0 radical (unpaired) electrons. The van der Waals surface area contributed by atoms with E-state index in [1.54, 1.807) is 6.92 Å². The maximum absolute atomic E-state index is 13.8. The highest BCUT2D eigenvalue weighted by Crippen LogP contribution is 2.42. The molecule has 1 N–H and O–H groups in total. The zero-order valence-corrected chi connectivity index (χ0v) is 12.4. The molecule has 1 aromatic heterocycles. The molecule has 0 bridgehead atoms. The maximum Gasteiger partial charge on any atom is 0.341 e. The third-order valence-corrected chi connectivity index (χ3v) is 4.68. The first kappa shape index (κ1) is 14.2. The number of halogens is 3. The van der Waals surface area contributed by atoms with Crippen LogP contribution in [-0.4, -0.2) is 21.8 Å². The Balaban J connectivity index is 2.49. The predicted molar refractivity (Wildman–Crippen MR) is 76.1 cm³/mol. The Labute approximate surface area is 126 Å². The molecule has 1 aliphatic carbocycles. The summed E-state index contributed by atoms with van der Waals surface area (Å²) in [6, 6.07) is 0.482. The zero-order chi connectivity index (χ0) is 15.5. The molecule has 2 aromatic rings. The number of carboxylic acid groups (broad SMARTS) is 1. The number of carboxylic acids is 1. The molecule has 1 fully saturated rings. The number of aromatic nitrogens is 1. The van der Waals surface area contributed by atoms with Crippen molar-refractivity contribution < 1.29 is 18.7 Å². The number of hydrogen-bond acceptors (Lipinski definition) is 2. The van der Waals surface area contributed by atoms with Gasteiger partial charge in [-0.05, 0) is 34.5 Å². The molecule has 7 heteroatoms. The van der Waals surface area contributed by atoms with Gasteiger partial charge in [-0.25, -0.2) is 13.6 Å². The van der Waals surface area contributed by atoms with Crippen LogP contribution in [0.25, 0.3) is 10.9 Å². The number of fused-ring (bicyclic) bond motifs is 1. The first-order chi connectivity index (χ1) is 9.82. The van der Waals surface area contributed by atoms with Crippen molar-refractivity contribution in [2.24, 2.45) is 0 Å². The lowest BCUT2D eigenvalue weighted by Crippen LogP contribution is -2.20. The molecule has 1 heterocycles. The van der Waals surface area contributed by atoms with Crippen LogP contribution in [-0.2, 0) is 0 Å². The fourth-order valence-electron chi connectivity index (χ4n) is 2.51. The van der Waals surface area contributed by atoms with Crippen LogP contribution in [0.3, 0.4) is 0 Å². The first-order valence-corrected chi connectivity index (χ1v) is 7.03. The van der Waals surface area contributed by atoms with E-state index in [1.165, 1.54) is 4.57 Å². The van der Waals surface area contributed by atoms with Gasteiger partial charge in [0.1, 0.15) is 17.6 Å². The van der Waals surface area contributed by atoms with Gasteiger partial charge >= 0.3 is 5.97 Å². The molecule has 21 heavy (non-hydrogen) atoms. The second-order valence-corrected chi connectivity index (χ2v) is 5.89. The molecular formula is C14H10BrF2NO3. The van der Waals surface area contributed by atoms with Crippen molar-refractivity contribution in [1.82, 2.24) is 4.57 Å². The number of benzene rings is 1. The van der Waals surface area contributed by atoms with Crippen LogP contribution in [0, 0.1) is 12.7 Å². The van der Waals surface area contributed by atoms with Crippen LogP contribution >= 0.6 is 15.9 Å². The highest BCUT2D eigenvalue weighted by Gasteiger charge is 2.40. The summed E-state index contributed by atoms with van der Waals surface area (Å²) in [7, 11) is 0. The van der Waals surface area contributed by atoms with Crippen LogP contribution in [0.5, 0.6) is 0 Å². The van der Waals surface area contributed by atoms with Gasteiger partial charge in [-0.1, -0.05) is 0 Å². The fraction of sp³-hybridized carbons (Fsp3) is 0.286. The van der Waals surface area contributed by atoms with Gasteiger partial charge in [0, 0.05) is 18.0 Å². The summed E-state index contributed by atoms with van der Waals surface area (Å²) >= 11 is 3.09. The third kappa shape index (κ3) is 2.07. The molecule has 4 nitrogen and oxygen atoms in total. The van der Waals surface area contributed by atoms with Gasteiger partial charge in [-0.15, -0.1) is 0 Å². The Morgan fingerprint density at radius 3 is 2.67 bits per heavy atom. The van der Waals surface area contributed by atoms with E-state index in [1.807, 2.05) is 0 Å². The summed E-state index contributed by atoms with van der Waals surface area (Å²) in [6.07, 6.45) is 0.320. The maximum atomic E-state index is 13.8. The van der Waals surface area contributed by atoms with Crippen LogP contribution in [0.4, 0.5) is 8.78 Å². The van der Waals surface area contributed by atoms with Crippen molar-refractivity contribution in [2.45, 2.75) is 25.6 Å². The van der Waals surface area contributed by atoms with Crippen LogP contribution in [0.2, 0.25) is 0 Å². The SMILES string of the molecule is Cc1c(Br)c(F)cc2c(=O)c(C(=O)O)cn([C@@H]3C[C@@H]3F)c12. The number of hydrogen-bond donors (Lipinski definition) is 1. The molecule has 0 aliphatic heterocycles. The number of aryl methyl sites for hydroxylation is 1. The molecule has 1 aliphatic rings. The number of aromatic carboxylic acids is 1. The largest absolute Gasteiger partial charge is 0.477 e. The van der Waals surface area contributed by atoms with Gasteiger partial charge in [-0.3, -0.25) is 4.79 Å². The smallest absolute Gasteiger partial charge is 0.341 e. The Morgan fingerprint density at radius 2 is 2.14 bits per heavy atom.